The highest BCUT2D eigenvalue weighted by Gasteiger charge is 2.52. The van der Waals surface area contributed by atoms with E-state index < -0.39 is 5.41 Å². The molecule has 28 aromatic rings. The Kier molecular flexibility index (Phi) is 19.6. The molecule has 149 heavy (non-hydrogen) atoms. The third-order valence-electron chi connectivity index (χ3n) is 32.0. The quantitative estimate of drug-likeness (QED) is 0.0919. The van der Waals surface area contributed by atoms with Crippen molar-refractivity contribution in [2.75, 3.05) is 0 Å². The zero-order valence-electron chi connectivity index (χ0n) is 81.4. The SMILES string of the molecule is c1ccc(-c2c(-c3ccc(-n4c5ccccc5c5ccccc54)cc3)c(-c3ccc(-n4c5ccccc5c5ccccc54)cc3)c(-c3ccccc3)c(-c3ccc4c(c3)C3(c5ccccc5-c5ccccc53)c3cc(-c5c(-c6ccccc6)c(-c6ccccc6)c(-c6ccc(-n7c8ccccc8c8ccccc87)cc6)c(-c6ccc(-n7c8ccccc8c8ccccc87)cc6)c5-c5ccccc5)ccc3-4)c2-c2ccccc2)cc1. The van der Waals surface area contributed by atoms with E-state index in [1.54, 1.807) is 0 Å². The molecule has 0 unspecified atom stereocenters. The maximum absolute atomic E-state index is 2.66. The second-order valence-electron chi connectivity index (χ2n) is 39.7. The number of para-hydroxylation sites is 8. The highest BCUT2D eigenvalue weighted by Crippen LogP contribution is 2.67. The van der Waals surface area contributed by atoms with Crippen molar-refractivity contribution in [2.24, 2.45) is 0 Å². The molecule has 4 aromatic heterocycles. The molecule has 4 nitrogen and oxygen atoms in total. The van der Waals surface area contributed by atoms with Gasteiger partial charge in [0.2, 0.25) is 0 Å². The van der Waals surface area contributed by atoms with Crippen molar-refractivity contribution in [1.29, 1.82) is 0 Å². The molecule has 692 valence electrons. The van der Waals surface area contributed by atoms with Crippen LogP contribution in [0.2, 0.25) is 0 Å². The molecule has 1 spiro atoms. The first-order valence-electron chi connectivity index (χ1n) is 51.7. The topological polar surface area (TPSA) is 19.7 Å². The van der Waals surface area contributed by atoms with Gasteiger partial charge >= 0.3 is 0 Å². The largest absolute Gasteiger partial charge is 0.309 e. The van der Waals surface area contributed by atoms with E-state index in [0.717, 1.165) is 200 Å². The monoisotopic (exact) mass is 1890 g/mol. The minimum absolute atomic E-state index is 0.902. The summed E-state index contributed by atoms with van der Waals surface area (Å²) < 4.78 is 9.78. The van der Waals surface area contributed by atoms with Crippen molar-refractivity contribution in [3.8, 4) is 179 Å². The molecular weight excluding hydrogens is 1800 g/mol. The molecule has 30 rings (SSSR count). The molecule has 2 aliphatic rings. The van der Waals surface area contributed by atoms with Gasteiger partial charge in [-0.05, 0) is 287 Å². The normalized spacial score (nSPS) is 12.3. The molecule has 0 amide bonds. The van der Waals surface area contributed by atoms with E-state index in [-0.39, 0.29) is 0 Å². The van der Waals surface area contributed by atoms with Crippen molar-refractivity contribution in [3.63, 3.8) is 0 Å². The number of nitrogens with zero attached hydrogens (tertiary/aromatic N) is 4. The van der Waals surface area contributed by atoms with Crippen molar-refractivity contribution < 1.29 is 0 Å². The fourth-order valence-corrected chi connectivity index (χ4v) is 26.0. The molecule has 2 aliphatic carbocycles. The first kappa shape index (κ1) is 85.1. The maximum Gasteiger partial charge on any atom is 0.0725 e. The van der Waals surface area contributed by atoms with Gasteiger partial charge < -0.3 is 18.3 Å². The van der Waals surface area contributed by atoms with Crippen molar-refractivity contribution in [2.45, 2.75) is 5.41 Å². The Balaban J connectivity index is 0.704. The van der Waals surface area contributed by atoms with Crippen LogP contribution in [0.4, 0.5) is 0 Å². The Hall–Kier alpha value is -19.5. The fourth-order valence-electron chi connectivity index (χ4n) is 26.0. The smallest absolute Gasteiger partial charge is 0.0725 e. The summed E-state index contributed by atoms with van der Waals surface area (Å²) in [6, 6.07) is 211. The van der Waals surface area contributed by atoms with Gasteiger partial charge in [-0.2, -0.15) is 0 Å². The van der Waals surface area contributed by atoms with Gasteiger partial charge in [0.15, 0.2) is 0 Å². The van der Waals surface area contributed by atoms with Crippen LogP contribution in [0.25, 0.3) is 266 Å². The summed E-state index contributed by atoms with van der Waals surface area (Å²) in [6.07, 6.45) is 0. The summed E-state index contributed by atoms with van der Waals surface area (Å²) >= 11 is 0. The van der Waals surface area contributed by atoms with Gasteiger partial charge in [0.1, 0.15) is 0 Å². The first-order valence-corrected chi connectivity index (χ1v) is 51.7. The van der Waals surface area contributed by atoms with Crippen LogP contribution in [-0.2, 0) is 5.41 Å². The minimum atomic E-state index is -0.902. The van der Waals surface area contributed by atoms with Crippen LogP contribution in [0.3, 0.4) is 0 Å². The number of hydrogen-bond acceptors (Lipinski definition) is 0. The average molecular weight is 1890 g/mol. The number of fused-ring (bicyclic) bond motifs is 22. The molecule has 0 bridgehead atoms. The van der Waals surface area contributed by atoms with Gasteiger partial charge in [0, 0.05) is 65.8 Å². The maximum atomic E-state index is 2.66. The van der Waals surface area contributed by atoms with Crippen LogP contribution in [-0.4, -0.2) is 18.3 Å². The summed E-state index contributed by atoms with van der Waals surface area (Å²) in [5.74, 6) is 0. The Bertz CT molecular complexity index is 9460. The van der Waals surface area contributed by atoms with Crippen LogP contribution < -0.4 is 0 Å². The lowest BCUT2D eigenvalue weighted by Gasteiger charge is -2.32. The summed E-state index contributed by atoms with van der Waals surface area (Å²) in [6.45, 7) is 0. The van der Waals surface area contributed by atoms with Gasteiger partial charge in [0.05, 0.1) is 49.5 Å². The Morgan fingerprint density at radius 1 is 0.107 bits per heavy atom. The number of hydrogen-bond donors (Lipinski definition) is 0. The molecule has 4 heteroatoms. The summed E-state index contributed by atoms with van der Waals surface area (Å²) in [7, 11) is 0. The molecule has 0 saturated heterocycles. The Labute approximate surface area is 863 Å². The first-order chi connectivity index (χ1) is 74.0. The van der Waals surface area contributed by atoms with Gasteiger partial charge in [-0.3, -0.25) is 0 Å². The number of benzene rings is 24. The zero-order valence-corrected chi connectivity index (χ0v) is 81.4. The van der Waals surface area contributed by atoms with Crippen LogP contribution in [0, 0.1) is 0 Å². The van der Waals surface area contributed by atoms with E-state index >= 15 is 0 Å². The average Bonchev–Trinajstić information content (AvgIpc) is 1.50. The van der Waals surface area contributed by atoms with Crippen LogP contribution >= 0.6 is 0 Å². The summed E-state index contributed by atoms with van der Waals surface area (Å²) in [5.41, 5.74) is 49.3. The molecule has 0 N–H and O–H groups in total. The van der Waals surface area contributed by atoms with Crippen molar-refractivity contribution in [3.05, 3.63) is 580 Å². The van der Waals surface area contributed by atoms with Crippen molar-refractivity contribution in [1.82, 2.24) is 18.3 Å². The standard InChI is InChI=1S/C145H92N4/c1-7-39-93(40-8-1)133-135(95-43-11-3-12-44-95)143(137(97-47-15-5-16-48-97)141(101-75-85-107(86-76-101)148-129-67-35-25-57-117(129)118-58-26-36-68-130(118)148)139(133)99-71-81-105(82-72-99)146-125-63-31-21-53-113(125)114-54-22-32-64-126(114)146)103-79-89-111-112-90-80-104(92-124(112)145(123(111)91-103)121-61-29-19-51-109(121)110-52-20-30-62-122(110)145)144-136(96-45-13-4-14-46-96)134(94-41-9-2-10-42-94)140(100-73-83-106(84-74-100)147-127-65-33-23-55-115(127)116-56-24-34-66-128(116)147)142(138(144)98-49-17-6-18-50-98)102-77-87-108(88-78-102)149-131-69-37-27-59-119(131)120-60-28-38-70-132(120)149/h1-92H. The van der Waals surface area contributed by atoms with E-state index in [9.17, 15) is 0 Å². The van der Waals surface area contributed by atoms with Gasteiger partial charge in [-0.25, -0.2) is 0 Å². The Morgan fingerprint density at radius 2 is 0.255 bits per heavy atom. The van der Waals surface area contributed by atoms with Gasteiger partial charge in [-0.15, -0.1) is 0 Å². The number of rotatable bonds is 16. The summed E-state index contributed by atoms with van der Waals surface area (Å²) in [4.78, 5) is 0. The Morgan fingerprint density at radius 3 is 0.456 bits per heavy atom. The minimum Gasteiger partial charge on any atom is -0.309 e. The van der Waals surface area contributed by atoms with E-state index in [2.05, 4.69) is 576 Å². The molecule has 0 fully saturated rings. The summed E-state index contributed by atoms with van der Waals surface area (Å²) in [5, 5.41) is 9.78. The van der Waals surface area contributed by atoms with Crippen LogP contribution in [0.15, 0.2) is 558 Å². The lowest BCUT2D eigenvalue weighted by atomic mass is 9.68. The lowest BCUT2D eigenvalue weighted by Crippen LogP contribution is -2.26. The van der Waals surface area contributed by atoms with Gasteiger partial charge in [-0.1, -0.05) is 449 Å². The molecule has 0 aliphatic heterocycles. The second kappa shape index (κ2) is 34.4. The molecule has 24 aromatic carbocycles. The van der Waals surface area contributed by atoms with E-state index in [1.165, 1.54) is 87.6 Å². The third kappa shape index (κ3) is 13.1. The lowest BCUT2D eigenvalue weighted by molar-refractivity contribution is 0.794. The molecule has 0 atom stereocenters. The molecular formula is C145H92N4. The fraction of sp³-hybridized carbons (Fsp3) is 0.00690. The highest BCUT2D eigenvalue weighted by atomic mass is 15.0. The van der Waals surface area contributed by atoms with E-state index in [4.69, 9.17) is 0 Å². The predicted molar refractivity (Wildman–Crippen MR) is 625 cm³/mol. The second-order valence-corrected chi connectivity index (χ2v) is 39.7. The molecule has 0 saturated carbocycles. The number of aromatic nitrogens is 4. The van der Waals surface area contributed by atoms with Crippen LogP contribution in [0.5, 0.6) is 0 Å². The van der Waals surface area contributed by atoms with E-state index in [1.807, 2.05) is 0 Å². The predicted octanol–water partition coefficient (Wildman–Crippen LogP) is 38.4. The van der Waals surface area contributed by atoms with Crippen molar-refractivity contribution >= 4 is 87.2 Å². The molecule has 0 radical (unpaired) electrons. The third-order valence-corrected chi connectivity index (χ3v) is 32.0. The molecule has 4 heterocycles. The van der Waals surface area contributed by atoms with Crippen LogP contribution in [0.1, 0.15) is 22.3 Å². The zero-order chi connectivity index (χ0) is 97.9. The highest BCUT2D eigenvalue weighted by molar-refractivity contribution is 6.20. The van der Waals surface area contributed by atoms with Gasteiger partial charge in [0.25, 0.3) is 0 Å². The van der Waals surface area contributed by atoms with E-state index in [0.29, 0.717) is 0 Å².